The van der Waals surface area contributed by atoms with Gasteiger partial charge in [0.15, 0.2) is 0 Å². The van der Waals surface area contributed by atoms with Gasteiger partial charge in [-0.05, 0) is 51.3 Å². The Morgan fingerprint density at radius 2 is 1.95 bits per heavy atom. The molecule has 0 saturated carbocycles. The van der Waals surface area contributed by atoms with Crippen LogP contribution in [-0.2, 0) is 10.3 Å². The highest BCUT2D eigenvalue weighted by Gasteiger charge is 2.32. The van der Waals surface area contributed by atoms with E-state index in [4.69, 9.17) is 0 Å². The smallest absolute Gasteiger partial charge is 0.226 e. The number of amides is 1. The third-order valence-electron chi connectivity index (χ3n) is 4.39. The standard InChI is InChI=1S/C18H23N3O/c1-11-6-7-13(8-12(11)2)14-9-16(22)20-17-15(14)10-19-21(17)18(3,4)5/h6-8,10,14H,9H2,1-5H3,(H,20,22)/t14-/m0/s1. The van der Waals surface area contributed by atoms with Crippen LogP contribution in [0.4, 0.5) is 5.82 Å². The van der Waals surface area contributed by atoms with Crippen molar-refractivity contribution in [3.05, 3.63) is 46.6 Å². The Morgan fingerprint density at radius 3 is 2.59 bits per heavy atom. The van der Waals surface area contributed by atoms with Crippen molar-refractivity contribution in [1.82, 2.24) is 9.78 Å². The van der Waals surface area contributed by atoms with E-state index in [1.165, 1.54) is 16.7 Å². The Morgan fingerprint density at radius 1 is 1.23 bits per heavy atom. The predicted octanol–water partition coefficient (Wildman–Crippen LogP) is 3.73. The number of rotatable bonds is 1. The lowest BCUT2D eigenvalue weighted by molar-refractivity contribution is -0.116. The lowest BCUT2D eigenvalue weighted by atomic mass is 9.86. The summed E-state index contributed by atoms with van der Waals surface area (Å²) in [4.78, 5) is 12.2. The summed E-state index contributed by atoms with van der Waals surface area (Å²) in [6, 6.07) is 6.45. The van der Waals surface area contributed by atoms with Crippen LogP contribution < -0.4 is 5.32 Å². The van der Waals surface area contributed by atoms with Crippen molar-refractivity contribution >= 4 is 11.7 Å². The van der Waals surface area contributed by atoms with E-state index in [1.807, 2.05) is 10.9 Å². The van der Waals surface area contributed by atoms with Crippen LogP contribution in [0.25, 0.3) is 0 Å². The molecule has 0 radical (unpaired) electrons. The molecule has 0 aliphatic carbocycles. The third-order valence-corrected chi connectivity index (χ3v) is 4.39. The maximum absolute atomic E-state index is 12.2. The topological polar surface area (TPSA) is 46.9 Å². The normalized spacial score (nSPS) is 18.0. The molecule has 1 aromatic heterocycles. The molecular formula is C18H23N3O. The van der Waals surface area contributed by atoms with Crippen molar-refractivity contribution in [2.24, 2.45) is 0 Å². The van der Waals surface area contributed by atoms with Gasteiger partial charge in [0.1, 0.15) is 5.82 Å². The van der Waals surface area contributed by atoms with Gasteiger partial charge in [0.25, 0.3) is 0 Å². The zero-order valence-electron chi connectivity index (χ0n) is 13.9. The van der Waals surface area contributed by atoms with Gasteiger partial charge >= 0.3 is 0 Å². The second-order valence-corrected chi connectivity index (χ2v) is 7.18. The molecule has 4 nitrogen and oxygen atoms in total. The first-order valence-electron chi connectivity index (χ1n) is 7.73. The second kappa shape index (κ2) is 4.97. The first-order valence-corrected chi connectivity index (χ1v) is 7.73. The van der Waals surface area contributed by atoms with Gasteiger partial charge < -0.3 is 5.32 Å². The summed E-state index contributed by atoms with van der Waals surface area (Å²) in [6.07, 6.45) is 2.38. The predicted molar refractivity (Wildman–Crippen MR) is 88.2 cm³/mol. The minimum absolute atomic E-state index is 0.0572. The van der Waals surface area contributed by atoms with Gasteiger partial charge in [-0.1, -0.05) is 18.2 Å². The van der Waals surface area contributed by atoms with Gasteiger partial charge in [-0.15, -0.1) is 0 Å². The summed E-state index contributed by atoms with van der Waals surface area (Å²) in [7, 11) is 0. The summed E-state index contributed by atoms with van der Waals surface area (Å²) < 4.78 is 1.91. The molecule has 1 N–H and O–H groups in total. The van der Waals surface area contributed by atoms with E-state index in [9.17, 15) is 4.79 Å². The van der Waals surface area contributed by atoms with Crippen LogP contribution in [0.5, 0.6) is 0 Å². The fourth-order valence-electron chi connectivity index (χ4n) is 3.01. The molecule has 2 heterocycles. The lowest BCUT2D eigenvalue weighted by Gasteiger charge is -2.28. The number of hydrogen-bond donors (Lipinski definition) is 1. The molecule has 2 aromatic rings. The Bertz CT molecular complexity index is 737. The molecule has 0 fully saturated rings. The van der Waals surface area contributed by atoms with Gasteiger partial charge in [-0.2, -0.15) is 5.10 Å². The Balaban J connectivity index is 2.11. The molecule has 116 valence electrons. The van der Waals surface area contributed by atoms with Crippen LogP contribution >= 0.6 is 0 Å². The summed E-state index contributed by atoms with van der Waals surface area (Å²) in [5.74, 6) is 0.979. The van der Waals surface area contributed by atoms with Crippen LogP contribution in [0, 0.1) is 13.8 Å². The van der Waals surface area contributed by atoms with Crippen molar-refractivity contribution in [3.63, 3.8) is 0 Å². The minimum Gasteiger partial charge on any atom is -0.311 e. The van der Waals surface area contributed by atoms with Gasteiger partial charge in [0.2, 0.25) is 5.91 Å². The zero-order chi connectivity index (χ0) is 16.1. The fraction of sp³-hybridized carbons (Fsp3) is 0.444. The van der Waals surface area contributed by atoms with Gasteiger partial charge in [0.05, 0.1) is 11.7 Å². The van der Waals surface area contributed by atoms with Gasteiger partial charge in [0, 0.05) is 17.9 Å². The summed E-state index contributed by atoms with van der Waals surface area (Å²) >= 11 is 0. The van der Waals surface area contributed by atoms with Crippen LogP contribution in [0.1, 0.15) is 55.4 Å². The molecule has 0 bridgehead atoms. The average molecular weight is 297 g/mol. The first kappa shape index (κ1) is 14.8. The third kappa shape index (κ3) is 2.43. The number of aromatic nitrogens is 2. The van der Waals surface area contributed by atoms with Crippen LogP contribution in [0.2, 0.25) is 0 Å². The summed E-state index contributed by atoms with van der Waals surface area (Å²) in [5.41, 5.74) is 4.67. The number of carbonyl (C=O) groups excluding carboxylic acids is 1. The van der Waals surface area contributed by atoms with E-state index in [0.717, 1.165) is 11.4 Å². The van der Waals surface area contributed by atoms with Crippen molar-refractivity contribution < 1.29 is 4.79 Å². The molecular weight excluding hydrogens is 274 g/mol. The minimum atomic E-state index is -0.161. The summed E-state index contributed by atoms with van der Waals surface area (Å²) in [5, 5.41) is 7.52. The maximum Gasteiger partial charge on any atom is 0.226 e. The van der Waals surface area contributed by atoms with Gasteiger partial charge in [-0.25, -0.2) is 4.68 Å². The molecule has 0 unspecified atom stereocenters. The maximum atomic E-state index is 12.2. The Kier molecular flexibility index (Phi) is 3.35. The molecule has 0 saturated heterocycles. The average Bonchev–Trinajstić information content (AvgIpc) is 2.84. The first-order chi connectivity index (χ1) is 10.3. The largest absolute Gasteiger partial charge is 0.311 e. The molecule has 3 rings (SSSR count). The molecule has 1 aromatic carbocycles. The quantitative estimate of drug-likeness (QED) is 0.872. The molecule has 22 heavy (non-hydrogen) atoms. The van der Waals surface area contributed by atoms with Crippen LogP contribution in [0.3, 0.4) is 0 Å². The molecule has 0 spiro atoms. The van der Waals surface area contributed by atoms with Crippen molar-refractivity contribution in [3.8, 4) is 0 Å². The van der Waals surface area contributed by atoms with E-state index in [2.05, 4.69) is 63.2 Å². The second-order valence-electron chi connectivity index (χ2n) is 7.18. The number of carbonyl (C=O) groups is 1. The monoisotopic (exact) mass is 297 g/mol. The highest BCUT2D eigenvalue weighted by Crippen LogP contribution is 2.39. The van der Waals surface area contributed by atoms with E-state index in [1.54, 1.807) is 0 Å². The van der Waals surface area contributed by atoms with Crippen molar-refractivity contribution in [2.75, 3.05) is 5.32 Å². The highest BCUT2D eigenvalue weighted by molar-refractivity contribution is 5.94. The van der Waals surface area contributed by atoms with Crippen molar-refractivity contribution in [2.45, 2.75) is 52.5 Å². The van der Waals surface area contributed by atoms with E-state index in [0.29, 0.717) is 6.42 Å². The molecule has 1 amide bonds. The van der Waals surface area contributed by atoms with E-state index in [-0.39, 0.29) is 17.4 Å². The number of benzene rings is 1. The van der Waals surface area contributed by atoms with E-state index >= 15 is 0 Å². The fourth-order valence-corrected chi connectivity index (χ4v) is 3.01. The number of fused-ring (bicyclic) bond motifs is 1. The van der Waals surface area contributed by atoms with Crippen LogP contribution in [-0.4, -0.2) is 15.7 Å². The summed E-state index contributed by atoms with van der Waals surface area (Å²) in [6.45, 7) is 10.5. The SMILES string of the molecule is Cc1ccc([C@@H]2CC(=O)Nc3c2cnn3C(C)(C)C)cc1C. The van der Waals surface area contributed by atoms with Crippen molar-refractivity contribution in [1.29, 1.82) is 0 Å². The Hall–Kier alpha value is -2.10. The lowest BCUT2D eigenvalue weighted by Crippen LogP contribution is -2.30. The molecule has 4 heteroatoms. The zero-order valence-corrected chi connectivity index (χ0v) is 13.9. The number of anilines is 1. The van der Waals surface area contributed by atoms with E-state index < -0.39 is 0 Å². The number of aryl methyl sites for hydroxylation is 2. The molecule has 1 aliphatic rings. The van der Waals surface area contributed by atoms with Crippen LogP contribution in [0.15, 0.2) is 24.4 Å². The number of hydrogen-bond acceptors (Lipinski definition) is 2. The number of nitrogens with zero attached hydrogens (tertiary/aromatic N) is 2. The molecule has 1 atom stereocenters. The number of nitrogens with one attached hydrogen (secondary N) is 1. The molecule has 1 aliphatic heterocycles. The Labute approximate surface area is 131 Å². The highest BCUT2D eigenvalue weighted by atomic mass is 16.1. The van der Waals surface area contributed by atoms with Gasteiger partial charge in [-0.3, -0.25) is 4.79 Å².